The minimum Gasteiger partial charge on any atom is -0.348 e. The Hall–Kier alpha value is -2.35. The molecule has 0 fully saturated rings. The smallest absolute Gasteiger partial charge is 0.348 e. The largest absolute Gasteiger partial charge is 0.364 e. The van der Waals surface area contributed by atoms with E-state index >= 15 is 0 Å². The minimum atomic E-state index is -0.571. The van der Waals surface area contributed by atoms with E-state index in [1.54, 1.807) is 12.1 Å². The molecule has 1 atom stereocenters. The third-order valence-electron chi connectivity index (χ3n) is 2.71. The van der Waals surface area contributed by atoms with Crippen molar-refractivity contribution in [3.8, 4) is 0 Å². The second-order valence-electron chi connectivity index (χ2n) is 4.56. The van der Waals surface area contributed by atoms with Crippen molar-refractivity contribution in [2.75, 3.05) is 5.32 Å². The molecule has 0 unspecified atom stereocenters. The maximum absolute atomic E-state index is 12.2. The molecule has 0 bridgehead atoms. The van der Waals surface area contributed by atoms with Crippen LogP contribution in [0.15, 0.2) is 29.3 Å². The average Bonchev–Trinajstić information content (AvgIpc) is 2.40. The number of nitrogens with zero attached hydrogens (tertiary/aromatic N) is 1. The van der Waals surface area contributed by atoms with E-state index in [2.05, 4.69) is 15.3 Å². The highest BCUT2D eigenvalue weighted by Crippen LogP contribution is 2.20. The maximum atomic E-state index is 12.2. The van der Waals surface area contributed by atoms with E-state index in [9.17, 15) is 9.59 Å². The van der Waals surface area contributed by atoms with E-state index in [0.717, 1.165) is 17.3 Å². The molecule has 21 heavy (non-hydrogen) atoms. The van der Waals surface area contributed by atoms with Crippen LogP contribution in [-0.4, -0.2) is 28.2 Å². The molecule has 2 rings (SSSR count). The highest BCUT2D eigenvalue weighted by Gasteiger charge is 2.33. The first kappa shape index (κ1) is 15.0. The number of aliphatic imine (C=N–C) groups is 1. The van der Waals surface area contributed by atoms with E-state index in [0.29, 0.717) is 5.69 Å². The van der Waals surface area contributed by atoms with Crippen molar-refractivity contribution in [1.82, 2.24) is 0 Å². The van der Waals surface area contributed by atoms with Gasteiger partial charge in [-0.1, -0.05) is 17.7 Å². The SMILES string of the molecule is Cc1ccc(NC(=O)[C@H]2CC(=O)[NH+]=C(N=C(N)N)S2)cc1. The number of guanidine groups is 1. The van der Waals surface area contributed by atoms with Crippen molar-refractivity contribution in [3.05, 3.63) is 29.8 Å². The van der Waals surface area contributed by atoms with Gasteiger partial charge in [0.25, 0.3) is 0 Å². The van der Waals surface area contributed by atoms with Gasteiger partial charge in [-0.25, -0.2) is 9.79 Å². The van der Waals surface area contributed by atoms with Crippen molar-refractivity contribution in [2.24, 2.45) is 16.5 Å². The van der Waals surface area contributed by atoms with Crippen LogP contribution in [0.5, 0.6) is 0 Å². The topological polar surface area (TPSA) is 125 Å². The summed E-state index contributed by atoms with van der Waals surface area (Å²) in [5.41, 5.74) is 12.3. The number of nitrogens with one attached hydrogen (secondary N) is 2. The normalized spacial score (nSPS) is 17.9. The van der Waals surface area contributed by atoms with Crippen molar-refractivity contribution in [2.45, 2.75) is 18.6 Å². The van der Waals surface area contributed by atoms with Crippen LogP contribution < -0.4 is 21.8 Å². The van der Waals surface area contributed by atoms with Gasteiger partial charge in [0, 0.05) is 10.7 Å². The summed E-state index contributed by atoms with van der Waals surface area (Å²) in [7, 11) is 0. The number of carbonyl (C=O) groups excluding carboxylic acids is 2. The highest BCUT2D eigenvalue weighted by molar-refractivity contribution is 8.14. The molecule has 0 aliphatic carbocycles. The van der Waals surface area contributed by atoms with Crippen LogP contribution in [0, 0.1) is 6.92 Å². The molecule has 2 amide bonds. The van der Waals surface area contributed by atoms with Crippen LogP contribution in [0.25, 0.3) is 0 Å². The Balaban J connectivity index is 2.06. The molecule has 1 aliphatic rings. The second-order valence-corrected chi connectivity index (χ2v) is 5.75. The van der Waals surface area contributed by atoms with Crippen molar-refractivity contribution >= 4 is 40.4 Å². The quantitative estimate of drug-likeness (QED) is 0.398. The summed E-state index contributed by atoms with van der Waals surface area (Å²) in [5.74, 6) is -0.725. The third-order valence-corrected chi connectivity index (χ3v) is 3.80. The first-order chi connectivity index (χ1) is 9.94. The number of carbonyl (C=O) groups is 2. The number of hydrogen-bond donors (Lipinski definition) is 4. The molecule has 1 aliphatic heterocycles. The van der Waals surface area contributed by atoms with Gasteiger partial charge in [0.15, 0.2) is 0 Å². The molecule has 0 saturated carbocycles. The van der Waals surface area contributed by atoms with Gasteiger partial charge >= 0.3 is 17.0 Å². The molecular weight excluding hydrogens is 290 g/mol. The predicted molar refractivity (Wildman–Crippen MR) is 82.6 cm³/mol. The Bertz CT molecular complexity index is 620. The zero-order chi connectivity index (χ0) is 15.4. The lowest BCUT2D eigenvalue weighted by atomic mass is 10.2. The Kier molecular flexibility index (Phi) is 4.59. The number of aryl methyl sites for hydroxylation is 1. The summed E-state index contributed by atoms with van der Waals surface area (Å²) >= 11 is 1.12. The maximum Gasteiger partial charge on any atom is 0.364 e. The number of hydrogen-bond acceptors (Lipinski definition) is 4. The first-order valence-electron chi connectivity index (χ1n) is 6.24. The van der Waals surface area contributed by atoms with Gasteiger partial charge < -0.3 is 16.8 Å². The Labute approximate surface area is 125 Å². The fourth-order valence-corrected chi connectivity index (χ4v) is 2.72. The van der Waals surface area contributed by atoms with Crippen LogP contribution in [0.3, 0.4) is 0 Å². The molecule has 0 aromatic heterocycles. The van der Waals surface area contributed by atoms with Gasteiger partial charge in [0.2, 0.25) is 5.91 Å². The molecule has 1 aromatic rings. The molecule has 1 heterocycles. The Morgan fingerprint density at radius 2 is 2.05 bits per heavy atom. The molecular formula is C13H16N5O2S+. The number of nitrogens with two attached hydrogens (primary N) is 2. The van der Waals surface area contributed by atoms with Crippen LogP contribution >= 0.6 is 11.8 Å². The van der Waals surface area contributed by atoms with Crippen LogP contribution in [0.4, 0.5) is 5.69 Å². The van der Waals surface area contributed by atoms with Gasteiger partial charge in [-0.2, -0.15) is 0 Å². The summed E-state index contributed by atoms with van der Waals surface area (Å²) in [5, 5.41) is 2.43. The van der Waals surface area contributed by atoms with Gasteiger partial charge in [-0.3, -0.25) is 4.79 Å². The molecule has 6 N–H and O–H groups in total. The van der Waals surface area contributed by atoms with Crippen LogP contribution in [0.1, 0.15) is 12.0 Å². The summed E-state index contributed by atoms with van der Waals surface area (Å²) in [4.78, 5) is 30.1. The van der Waals surface area contributed by atoms with E-state index < -0.39 is 5.25 Å². The van der Waals surface area contributed by atoms with Crippen molar-refractivity contribution in [3.63, 3.8) is 0 Å². The number of benzene rings is 1. The molecule has 110 valence electrons. The molecule has 1 aromatic carbocycles. The zero-order valence-corrected chi connectivity index (χ0v) is 12.2. The third kappa shape index (κ3) is 4.32. The lowest BCUT2D eigenvalue weighted by Gasteiger charge is -2.15. The first-order valence-corrected chi connectivity index (χ1v) is 7.12. The monoisotopic (exact) mass is 306 g/mol. The standard InChI is InChI=1S/C13H15N5O2S/c1-7-2-4-8(5-3-7)16-11(20)9-6-10(19)17-13(21-9)18-12(14)15/h2-5,9H,6H2,1H3,(H,16,20)(H4,14,15,17,18,19)/p+1/t9-/m1/s1. The molecule has 0 spiro atoms. The number of amidine groups is 1. The predicted octanol–water partition coefficient (Wildman–Crippen LogP) is -1.32. The Morgan fingerprint density at radius 1 is 1.38 bits per heavy atom. The molecule has 8 heteroatoms. The van der Waals surface area contributed by atoms with Crippen LogP contribution in [-0.2, 0) is 9.59 Å². The van der Waals surface area contributed by atoms with Gasteiger partial charge in [0.1, 0.15) is 5.25 Å². The lowest BCUT2D eigenvalue weighted by Crippen LogP contribution is -2.79. The van der Waals surface area contributed by atoms with Crippen molar-refractivity contribution < 1.29 is 14.6 Å². The minimum absolute atomic E-state index is 0.0753. The zero-order valence-electron chi connectivity index (χ0n) is 11.4. The van der Waals surface area contributed by atoms with Crippen LogP contribution in [0.2, 0.25) is 0 Å². The fraction of sp³-hybridized carbons (Fsp3) is 0.231. The van der Waals surface area contributed by atoms with Crippen molar-refractivity contribution in [1.29, 1.82) is 0 Å². The molecule has 0 saturated heterocycles. The Morgan fingerprint density at radius 3 is 2.67 bits per heavy atom. The average molecular weight is 306 g/mol. The highest BCUT2D eigenvalue weighted by atomic mass is 32.2. The lowest BCUT2D eigenvalue weighted by molar-refractivity contribution is -0.376. The number of rotatable bonds is 2. The van der Waals surface area contributed by atoms with E-state index in [-0.39, 0.29) is 29.4 Å². The number of anilines is 1. The molecule has 7 nitrogen and oxygen atoms in total. The van der Waals surface area contributed by atoms with Gasteiger partial charge in [0.05, 0.1) is 6.42 Å². The summed E-state index contributed by atoms with van der Waals surface area (Å²) < 4.78 is 0. The summed E-state index contributed by atoms with van der Waals surface area (Å²) in [6.07, 6.45) is 0.0753. The number of thioether (sulfide) groups is 1. The van der Waals surface area contributed by atoms with E-state index in [1.165, 1.54) is 0 Å². The summed E-state index contributed by atoms with van der Waals surface area (Å²) in [6, 6.07) is 7.41. The summed E-state index contributed by atoms with van der Waals surface area (Å²) in [6.45, 7) is 1.96. The van der Waals surface area contributed by atoms with E-state index in [4.69, 9.17) is 11.5 Å². The molecule has 0 radical (unpaired) electrons. The second kappa shape index (κ2) is 6.40. The van der Waals surface area contributed by atoms with Gasteiger partial charge in [-0.05, 0) is 30.8 Å². The fourth-order valence-electron chi connectivity index (χ4n) is 1.72. The number of amides is 2. The van der Waals surface area contributed by atoms with E-state index in [1.807, 2.05) is 19.1 Å². The van der Waals surface area contributed by atoms with Gasteiger partial charge in [-0.15, -0.1) is 0 Å².